The van der Waals surface area contributed by atoms with E-state index in [0.717, 1.165) is 11.6 Å². The van der Waals surface area contributed by atoms with Crippen molar-refractivity contribution < 1.29 is 0 Å². The average Bonchev–Trinajstić information content (AvgIpc) is 2.04. The van der Waals surface area contributed by atoms with Gasteiger partial charge in [-0.3, -0.25) is 0 Å². The van der Waals surface area contributed by atoms with E-state index in [2.05, 4.69) is 43.6 Å². The summed E-state index contributed by atoms with van der Waals surface area (Å²) in [4.78, 5) is 0. The Balaban J connectivity index is 2.59. The first-order chi connectivity index (χ1) is 6.08. The van der Waals surface area contributed by atoms with Gasteiger partial charge in [0.15, 0.2) is 0 Å². The van der Waals surface area contributed by atoms with E-state index >= 15 is 0 Å². The van der Waals surface area contributed by atoms with Gasteiger partial charge in [-0.15, -0.1) is 5.92 Å². The molecule has 1 heteroatoms. The van der Waals surface area contributed by atoms with Crippen LogP contribution in [0.4, 0.5) is 0 Å². The van der Waals surface area contributed by atoms with Crippen LogP contribution >= 0.6 is 0 Å². The van der Waals surface area contributed by atoms with Gasteiger partial charge in [-0.05, 0) is 12.1 Å². The second-order valence-corrected chi connectivity index (χ2v) is 9.88. The third kappa shape index (κ3) is 4.54. The SMILES string of the molecule is C[Si](C)(C)CC#Cc1ccccc1. The van der Waals surface area contributed by atoms with E-state index in [1.165, 1.54) is 0 Å². The Morgan fingerprint density at radius 1 is 1.08 bits per heavy atom. The van der Waals surface area contributed by atoms with Gasteiger partial charge < -0.3 is 0 Å². The zero-order valence-corrected chi connectivity index (χ0v) is 9.59. The molecule has 0 aromatic heterocycles. The molecule has 0 spiro atoms. The van der Waals surface area contributed by atoms with Crippen LogP contribution in [0.3, 0.4) is 0 Å². The fourth-order valence-corrected chi connectivity index (χ4v) is 1.55. The van der Waals surface area contributed by atoms with Gasteiger partial charge in [0.1, 0.15) is 0 Å². The average molecular weight is 188 g/mol. The minimum atomic E-state index is -0.985. The number of hydrogen-bond donors (Lipinski definition) is 0. The second-order valence-electron chi connectivity index (χ2n) is 4.41. The van der Waals surface area contributed by atoms with Crippen molar-refractivity contribution in [1.82, 2.24) is 0 Å². The zero-order valence-electron chi connectivity index (χ0n) is 8.59. The molecule has 68 valence electrons. The molecule has 0 heterocycles. The lowest BCUT2D eigenvalue weighted by Crippen LogP contribution is -2.17. The summed E-state index contributed by atoms with van der Waals surface area (Å²) in [6, 6.07) is 11.3. The van der Waals surface area contributed by atoms with Crippen molar-refractivity contribution in [2.45, 2.75) is 25.7 Å². The normalized spacial score (nSPS) is 10.4. The molecule has 0 bridgehead atoms. The largest absolute Gasteiger partial charge is 0.101 e. The molecule has 0 atom stereocenters. The van der Waals surface area contributed by atoms with Crippen molar-refractivity contribution in [2.75, 3.05) is 0 Å². The molecule has 0 nitrogen and oxygen atoms in total. The maximum absolute atomic E-state index is 3.25. The van der Waals surface area contributed by atoms with Crippen molar-refractivity contribution in [3.63, 3.8) is 0 Å². The summed E-state index contributed by atoms with van der Waals surface area (Å²) in [6.45, 7) is 7.02. The van der Waals surface area contributed by atoms with E-state index in [1.807, 2.05) is 18.2 Å². The van der Waals surface area contributed by atoms with Gasteiger partial charge in [0.25, 0.3) is 0 Å². The Labute approximate surface area is 82.0 Å². The van der Waals surface area contributed by atoms with Crippen LogP contribution in [0.25, 0.3) is 0 Å². The molecule has 1 aromatic rings. The van der Waals surface area contributed by atoms with Gasteiger partial charge in [-0.25, -0.2) is 0 Å². The Bertz CT molecular complexity index is 308. The minimum absolute atomic E-state index is 0.985. The van der Waals surface area contributed by atoms with Gasteiger partial charge in [0.2, 0.25) is 0 Å². The fourth-order valence-electron chi connectivity index (χ4n) is 0.933. The predicted octanol–water partition coefficient (Wildman–Crippen LogP) is 3.38. The Hall–Kier alpha value is -1.00. The van der Waals surface area contributed by atoms with E-state index in [0.29, 0.717) is 0 Å². The predicted molar refractivity (Wildman–Crippen MR) is 61.5 cm³/mol. The van der Waals surface area contributed by atoms with Gasteiger partial charge in [0.05, 0.1) is 8.07 Å². The molecule has 1 rings (SSSR count). The molecule has 0 amide bonds. The molecule has 0 fully saturated rings. The summed E-state index contributed by atoms with van der Waals surface area (Å²) >= 11 is 0. The van der Waals surface area contributed by atoms with Crippen molar-refractivity contribution in [3.05, 3.63) is 35.9 Å². The third-order valence-corrected chi connectivity index (χ3v) is 2.86. The number of rotatable bonds is 1. The molecule has 0 aliphatic heterocycles. The van der Waals surface area contributed by atoms with Crippen LogP contribution < -0.4 is 0 Å². The third-order valence-electron chi connectivity index (χ3n) is 1.63. The highest BCUT2D eigenvalue weighted by molar-refractivity contribution is 6.76. The molecule has 0 N–H and O–H groups in total. The molecular weight excluding hydrogens is 172 g/mol. The van der Waals surface area contributed by atoms with Crippen LogP contribution in [-0.4, -0.2) is 8.07 Å². The lowest BCUT2D eigenvalue weighted by atomic mass is 10.2. The van der Waals surface area contributed by atoms with Crippen molar-refractivity contribution in [3.8, 4) is 11.8 Å². The highest BCUT2D eigenvalue weighted by Gasteiger charge is 2.09. The Kier molecular flexibility index (Phi) is 3.33. The Morgan fingerprint density at radius 2 is 1.69 bits per heavy atom. The van der Waals surface area contributed by atoms with Gasteiger partial charge in [-0.2, -0.15) is 0 Å². The van der Waals surface area contributed by atoms with Gasteiger partial charge in [0, 0.05) is 11.6 Å². The standard InChI is InChI=1S/C12H16Si/c1-13(2,3)11-7-10-12-8-5-4-6-9-12/h4-6,8-9H,11H2,1-3H3. The van der Waals surface area contributed by atoms with E-state index < -0.39 is 8.07 Å². The molecule has 0 radical (unpaired) electrons. The van der Waals surface area contributed by atoms with E-state index in [-0.39, 0.29) is 0 Å². The minimum Gasteiger partial charge on any atom is -0.101 e. The van der Waals surface area contributed by atoms with E-state index in [9.17, 15) is 0 Å². The molecule has 0 aliphatic carbocycles. The maximum atomic E-state index is 3.25. The summed E-state index contributed by atoms with van der Waals surface area (Å²) in [7, 11) is -0.985. The number of benzene rings is 1. The summed E-state index contributed by atoms with van der Waals surface area (Å²) in [6.07, 6.45) is 0. The first-order valence-corrected chi connectivity index (χ1v) is 8.32. The number of hydrogen-bond acceptors (Lipinski definition) is 0. The topological polar surface area (TPSA) is 0 Å². The van der Waals surface area contributed by atoms with Crippen molar-refractivity contribution in [2.24, 2.45) is 0 Å². The van der Waals surface area contributed by atoms with E-state index in [4.69, 9.17) is 0 Å². The summed E-state index contributed by atoms with van der Waals surface area (Å²) in [5.41, 5.74) is 1.13. The first-order valence-electron chi connectivity index (χ1n) is 4.62. The smallest absolute Gasteiger partial charge is 0.0573 e. The van der Waals surface area contributed by atoms with Gasteiger partial charge >= 0.3 is 0 Å². The van der Waals surface area contributed by atoms with Crippen LogP contribution in [0.5, 0.6) is 0 Å². The molecule has 13 heavy (non-hydrogen) atoms. The van der Waals surface area contributed by atoms with E-state index in [1.54, 1.807) is 0 Å². The van der Waals surface area contributed by atoms with Crippen LogP contribution in [0.1, 0.15) is 5.56 Å². The van der Waals surface area contributed by atoms with Crippen molar-refractivity contribution >= 4 is 8.07 Å². The molecular formula is C12H16Si. The van der Waals surface area contributed by atoms with Gasteiger partial charge in [-0.1, -0.05) is 43.8 Å². The zero-order chi connectivity index (χ0) is 9.73. The Morgan fingerprint density at radius 3 is 2.23 bits per heavy atom. The quantitative estimate of drug-likeness (QED) is 0.468. The molecule has 0 saturated carbocycles. The lowest BCUT2D eigenvalue weighted by Gasteiger charge is -2.09. The van der Waals surface area contributed by atoms with Crippen LogP contribution in [0, 0.1) is 11.8 Å². The van der Waals surface area contributed by atoms with Crippen LogP contribution in [0.2, 0.25) is 25.7 Å². The summed E-state index contributed by atoms with van der Waals surface area (Å²) in [5.74, 6) is 6.44. The first kappa shape index (κ1) is 10.1. The molecule has 0 saturated heterocycles. The lowest BCUT2D eigenvalue weighted by molar-refractivity contribution is 1.56. The summed E-state index contributed by atoms with van der Waals surface area (Å²) < 4.78 is 0. The molecule has 0 unspecified atom stereocenters. The summed E-state index contributed by atoms with van der Waals surface area (Å²) in [5, 5.41) is 0. The maximum Gasteiger partial charge on any atom is 0.0573 e. The second kappa shape index (κ2) is 4.29. The highest BCUT2D eigenvalue weighted by Crippen LogP contribution is 2.06. The highest BCUT2D eigenvalue weighted by atomic mass is 28.3. The molecule has 0 aliphatic rings. The van der Waals surface area contributed by atoms with Crippen LogP contribution in [0.15, 0.2) is 30.3 Å². The fraction of sp³-hybridized carbons (Fsp3) is 0.333. The molecule has 1 aromatic carbocycles. The van der Waals surface area contributed by atoms with Crippen LogP contribution in [-0.2, 0) is 0 Å². The monoisotopic (exact) mass is 188 g/mol. The van der Waals surface area contributed by atoms with Crippen molar-refractivity contribution in [1.29, 1.82) is 0 Å².